The summed E-state index contributed by atoms with van der Waals surface area (Å²) in [7, 11) is -3.65. The Bertz CT molecular complexity index is 670. The van der Waals surface area contributed by atoms with E-state index in [2.05, 4.69) is 11.6 Å². The highest BCUT2D eigenvalue weighted by Crippen LogP contribution is 2.39. The third-order valence-corrected chi connectivity index (χ3v) is 5.51. The molecule has 0 unspecified atom stereocenters. The number of hydrogen-bond donors (Lipinski definition) is 2. The molecule has 1 aliphatic carbocycles. The smallest absolute Gasteiger partial charge is 0.341 e. The molecule has 8 heteroatoms. The molecule has 6 nitrogen and oxygen atoms in total. The van der Waals surface area contributed by atoms with Crippen molar-refractivity contribution in [2.24, 2.45) is 5.41 Å². The number of carboxylic acid groups (broad SMARTS) is 1. The molecule has 1 saturated carbocycles. The lowest BCUT2D eigenvalue weighted by molar-refractivity contribution is -0.139. The van der Waals surface area contributed by atoms with E-state index in [-0.39, 0.29) is 21.1 Å². The summed E-state index contributed by atoms with van der Waals surface area (Å²) in [5.41, 5.74) is 0.0292. The van der Waals surface area contributed by atoms with E-state index in [0.717, 1.165) is 19.3 Å². The van der Waals surface area contributed by atoms with Gasteiger partial charge in [-0.15, -0.1) is 0 Å². The third-order valence-electron chi connectivity index (χ3n) is 3.81. The van der Waals surface area contributed by atoms with Crippen LogP contribution in [0.15, 0.2) is 23.1 Å². The van der Waals surface area contributed by atoms with Crippen LogP contribution in [0, 0.1) is 5.41 Å². The van der Waals surface area contributed by atoms with E-state index in [9.17, 15) is 13.2 Å². The van der Waals surface area contributed by atoms with Crippen LogP contribution < -0.4 is 9.46 Å². The van der Waals surface area contributed by atoms with Crippen LogP contribution in [0.3, 0.4) is 0 Å². The SMILES string of the molecule is CC1(CNS(=O)(=O)c2ccc(OCC(=O)O)c(Cl)c2)CCC1. The van der Waals surface area contributed by atoms with Crippen molar-refractivity contribution < 1.29 is 23.1 Å². The first-order chi connectivity index (χ1) is 10.2. The molecule has 1 aliphatic rings. The molecule has 0 atom stereocenters. The van der Waals surface area contributed by atoms with Gasteiger partial charge in [0.1, 0.15) is 5.75 Å². The monoisotopic (exact) mass is 347 g/mol. The van der Waals surface area contributed by atoms with E-state index in [1.165, 1.54) is 18.2 Å². The minimum absolute atomic E-state index is 0.0292. The number of benzene rings is 1. The second-order valence-electron chi connectivity index (χ2n) is 5.76. The Labute approximate surface area is 134 Å². The van der Waals surface area contributed by atoms with Crippen molar-refractivity contribution in [1.82, 2.24) is 4.72 Å². The van der Waals surface area contributed by atoms with Crippen LogP contribution in [0.5, 0.6) is 5.75 Å². The molecule has 122 valence electrons. The molecule has 0 aromatic heterocycles. The van der Waals surface area contributed by atoms with Gasteiger partial charge in [0.15, 0.2) is 6.61 Å². The highest BCUT2D eigenvalue weighted by atomic mass is 35.5. The zero-order chi connectivity index (χ0) is 16.4. The van der Waals surface area contributed by atoms with Crippen molar-refractivity contribution in [1.29, 1.82) is 0 Å². The normalized spacial score (nSPS) is 16.8. The summed E-state index contributed by atoms with van der Waals surface area (Å²) in [4.78, 5) is 10.5. The lowest BCUT2D eigenvalue weighted by Crippen LogP contribution is -2.39. The van der Waals surface area contributed by atoms with Crippen LogP contribution in [-0.2, 0) is 14.8 Å². The fourth-order valence-corrected chi connectivity index (χ4v) is 3.74. The molecule has 0 bridgehead atoms. The number of ether oxygens (including phenoxy) is 1. The van der Waals surface area contributed by atoms with Crippen molar-refractivity contribution in [3.05, 3.63) is 23.2 Å². The second-order valence-corrected chi connectivity index (χ2v) is 7.94. The minimum Gasteiger partial charge on any atom is -0.480 e. The van der Waals surface area contributed by atoms with E-state index < -0.39 is 22.6 Å². The molecular weight excluding hydrogens is 330 g/mol. The molecule has 0 radical (unpaired) electrons. The number of hydrogen-bond acceptors (Lipinski definition) is 4. The Hall–Kier alpha value is -1.31. The maximum absolute atomic E-state index is 12.2. The molecule has 0 amide bonds. The number of nitrogens with one attached hydrogen (secondary N) is 1. The van der Waals surface area contributed by atoms with Crippen LogP contribution in [0.2, 0.25) is 5.02 Å². The first kappa shape index (κ1) is 17.1. The van der Waals surface area contributed by atoms with Crippen LogP contribution in [0.1, 0.15) is 26.2 Å². The summed E-state index contributed by atoms with van der Waals surface area (Å²) < 4.78 is 32.0. The van der Waals surface area contributed by atoms with E-state index in [4.69, 9.17) is 21.4 Å². The average Bonchev–Trinajstić information content (AvgIpc) is 2.41. The zero-order valence-electron chi connectivity index (χ0n) is 12.1. The lowest BCUT2D eigenvalue weighted by atomic mass is 9.71. The number of aliphatic carboxylic acids is 1. The van der Waals surface area contributed by atoms with Crippen molar-refractivity contribution in [2.75, 3.05) is 13.2 Å². The first-order valence-electron chi connectivity index (χ1n) is 6.86. The fourth-order valence-electron chi connectivity index (χ4n) is 2.21. The van der Waals surface area contributed by atoms with Gasteiger partial charge in [0.25, 0.3) is 0 Å². The van der Waals surface area contributed by atoms with E-state index in [1.54, 1.807) is 0 Å². The molecule has 1 aromatic carbocycles. The molecule has 1 fully saturated rings. The average molecular weight is 348 g/mol. The van der Waals surface area contributed by atoms with Crippen LogP contribution >= 0.6 is 11.6 Å². The molecule has 2 N–H and O–H groups in total. The Kier molecular flexibility index (Phi) is 4.99. The van der Waals surface area contributed by atoms with Gasteiger partial charge in [0.05, 0.1) is 9.92 Å². The number of sulfonamides is 1. The Balaban J connectivity index is 2.07. The van der Waals surface area contributed by atoms with E-state index in [1.807, 2.05) is 0 Å². The van der Waals surface area contributed by atoms with Crippen molar-refractivity contribution >= 4 is 27.6 Å². The molecule has 1 aromatic rings. The van der Waals surface area contributed by atoms with E-state index >= 15 is 0 Å². The van der Waals surface area contributed by atoms with Crippen molar-refractivity contribution in [2.45, 2.75) is 31.1 Å². The van der Waals surface area contributed by atoms with Gasteiger partial charge in [0.2, 0.25) is 10.0 Å². The highest BCUT2D eigenvalue weighted by molar-refractivity contribution is 7.89. The summed E-state index contributed by atoms with van der Waals surface area (Å²) >= 11 is 5.94. The van der Waals surface area contributed by atoms with Crippen molar-refractivity contribution in [3.63, 3.8) is 0 Å². The maximum Gasteiger partial charge on any atom is 0.341 e. The highest BCUT2D eigenvalue weighted by Gasteiger charge is 2.33. The number of carboxylic acids is 1. The predicted molar refractivity (Wildman–Crippen MR) is 81.7 cm³/mol. The third kappa shape index (κ3) is 4.12. The van der Waals surface area contributed by atoms with Gasteiger partial charge in [-0.1, -0.05) is 24.9 Å². The Morgan fingerprint density at radius 3 is 2.64 bits per heavy atom. The quantitative estimate of drug-likeness (QED) is 0.789. The summed E-state index contributed by atoms with van der Waals surface area (Å²) in [5.74, 6) is -1.00. The molecule has 0 heterocycles. The largest absolute Gasteiger partial charge is 0.480 e. The fraction of sp³-hybridized carbons (Fsp3) is 0.500. The second kappa shape index (κ2) is 6.44. The van der Waals surface area contributed by atoms with Gasteiger partial charge in [-0.2, -0.15) is 0 Å². The van der Waals surface area contributed by atoms with Gasteiger partial charge in [-0.25, -0.2) is 17.9 Å². The molecule has 0 saturated heterocycles. The zero-order valence-corrected chi connectivity index (χ0v) is 13.7. The number of rotatable bonds is 7. The number of halogens is 1. The first-order valence-corrected chi connectivity index (χ1v) is 8.72. The standard InChI is InChI=1S/C14H18ClNO5S/c1-14(5-2-6-14)9-16-22(19,20)10-3-4-12(11(15)7-10)21-8-13(17)18/h3-4,7,16H,2,5-6,8-9H2,1H3,(H,17,18). The Morgan fingerprint density at radius 2 is 2.14 bits per heavy atom. The molecule has 2 rings (SSSR count). The van der Waals surface area contributed by atoms with E-state index in [0.29, 0.717) is 6.54 Å². The summed E-state index contributed by atoms with van der Waals surface area (Å²) in [5, 5.41) is 8.61. The summed E-state index contributed by atoms with van der Waals surface area (Å²) in [6.07, 6.45) is 3.15. The van der Waals surface area contributed by atoms with Crippen LogP contribution in [0.4, 0.5) is 0 Å². The Morgan fingerprint density at radius 1 is 1.45 bits per heavy atom. The van der Waals surface area contributed by atoms with Crippen molar-refractivity contribution in [3.8, 4) is 5.75 Å². The van der Waals surface area contributed by atoms with Gasteiger partial charge in [-0.05, 0) is 36.5 Å². The summed E-state index contributed by atoms with van der Waals surface area (Å²) in [6, 6.07) is 3.95. The van der Waals surface area contributed by atoms with Crippen LogP contribution in [0.25, 0.3) is 0 Å². The molecule has 0 spiro atoms. The van der Waals surface area contributed by atoms with Gasteiger partial charge < -0.3 is 9.84 Å². The minimum atomic E-state index is -3.65. The molecular formula is C14H18ClNO5S. The van der Waals surface area contributed by atoms with Crippen LogP contribution in [-0.4, -0.2) is 32.6 Å². The van der Waals surface area contributed by atoms with Gasteiger partial charge in [-0.3, -0.25) is 0 Å². The summed E-state index contributed by atoms with van der Waals surface area (Å²) in [6.45, 7) is 1.90. The molecule has 0 aliphatic heterocycles. The molecule has 22 heavy (non-hydrogen) atoms. The maximum atomic E-state index is 12.2. The predicted octanol–water partition coefficient (Wildman–Crippen LogP) is 2.27. The van der Waals surface area contributed by atoms with Gasteiger partial charge in [0, 0.05) is 6.54 Å². The number of carbonyl (C=O) groups is 1. The lowest BCUT2D eigenvalue weighted by Gasteiger charge is -2.38. The topological polar surface area (TPSA) is 92.7 Å². The van der Waals surface area contributed by atoms with Gasteiger partial charge >= 0.3 is 5.97 Å².